The van der Waals surface area contributed by atoms with Crippen molar-refractivity contribution in [2.24, 2.45) is 0 Å². The molecule has 4 rings (SSSR count). The number of amides is 2. The van der Waals surface area contributed by atoms with Crippen molar-refractivity contribution in [3.8, 4) is 11.1 Å². The van der Waals surface area contributed by atoms with Gasteiger partial charge in [0, 0.05) is 35.2 Å². The highest BCUT2D eigenvalue weighted by Crippen LogP contribution is 2.28. The normalized spacial score (nSPS) is 15.9. The fourth-order valence-electron chi connectivity index (χ4n) is 4.03. The summed E-state index contributed by atoms with van der Waals surface area (Å²) in [6.45, 7) is 1.33. The molecule has 1 N–H and O–H groups in total. The monoisotopic (exact) mass is 491 g/mol. The van der Waals surface area contributed by atoms with E-state index in [1.165, 1.54) is 11.1 Å². The van der Waals surface area contributed by atoms with Gasteiger partial charge in [-0.2, -0.15) is 0 Å². The third-order valence-electron chi connectivity index (χ3n) is 5.56. The van der Waals surface area contributed by atoms with Crippen LogP contribution in [0.4, 0.5) is 5.69 Å². The Kier molecular flexibility index (Phi) is 6.72. The summed E-state index contributed by atoms with van der Waals surface area (Å²) in [4.78, 5) is 29.1. The Hall–Kier alpha value is -2.96. The first-order valence-electron chi connectivity index (χ1n) is 10.6. The third-order valence-corrected chi connectivity index (χ3v) is 6.09. The van der Waals surface area contributed by atoms with Crippen LogP contribution in [0.1, 0.15) is 22.3 Å². The van der Waals surface area contributed by atoms with Crippen LogP contribution < -0.4 is 10.2 Å². The molecule has 3 aromatic rings. The first-order valence-corrected chi connectivity index (χ1v) is 11.4. The molecule has 0 spiro atoms. The van der Waals surface area contributed by atoms with Gasteiger partial charge >= 0.3 is 0 Å². The quantitative estimate of drug-likeness (QED) is 0.542. The lowest BCUT2D eigenvalue weighted by atomic mass is 9.99. The minimum Gasteiger partial charge on any atom is -0.347 e. The molecule has 0 aromatic heterocycles. The molecule has 1 aliphatic heterocycles. The zero-order valence-corrected chi connectivity index (χ0v) is 19.8. The second-order valence-electron chi connectivity index (χ2n) is 8.33. The van der Waals surface area contributed by atoms with Gasteiger partial charge in [-0.1, -0.05) is 52.3 Å². The molecule has 0 radical (unpaired) electrons. The lowest BCUT2D eigenvalue weighted by Crippen LogP contribution is -2.37. The number of carbonyl (C=O) groups excluding carboxylic acids is 2. The fourth-order valence-corrected chi connectivity index (χ4v) is 4.29. The van der Waals surface area contributed by atoms with Crippen LogP contribution in [0.5, 0.6) is 0 Å². The van der Waals surface area contributed by atoms with Gasteiger partial charge in [0.05, 0.1) is 6.04 Å². The second kappa shape index (κ2) is 9.67. The summed E-state index contributed by atoms with van der Waals surface area (Å²) in [6.07, 6.45) is 0.301. The molecule has 1 aliphatic rings. The van der Waals surface area contributed by atoms with E-state index in [2.05, 4.69) is 70.6 Å². The average molecular weight is 492 g/mol. The molecule has 1 fully saturated rings. The average Bonchev–Trinajstić information content (AvgIpc) is 3.14. The number of halogens is 1. The van der Waals surface area contributed by atoms with Crippen LogP contribution >= 0.6 is 15.9 Å². The molecule has 1 saturated heterocycles. The Morgan fingerprint density at radius 1 is 1.03 bits per heavy atom. The third kappa shape index (κ3) is 5.09. The van der Waals surface area contributed by atoms with Crippen LogP contribution in [0.2, 0.25) is 0 Å². The van der Waals surface area contributed by atoms with Gasteiger partial charge in [-0.3, -0.25) is 9.59 Å². The largest absolute Gasteiger partial charge is 0.347 e. The molecule has 164 valence electrons. The minimum absolute atomic E-state index is 0.0202. The molecule has 2 amide bonds. The van der Waals surface area contributed by atoms with Gasteiger partial charge in [-0.15, -0.1) is 0 Å². The molecule has 1 atom stereocenters. The van der Waals surface area contributed by atoms with Crippen LogP contribution in [-0.2, 0) is 11.3 Å². The fraction of sp³-hybridized carbons (Fsp3) is 0.231. The molecule has 0 saturated carbocycles. The van der Waals surface area contributed by atoms with Gasteiger partial charge in [0.2, 0.25) is 5.91 Å². The number of anilines is 1. The zero-order chi connectivity index (χ0) is 22.7. The van der Waals surface area contributed by atoms with Crippen molar-refractivity contribution in [2.45, 2.75) is 19.0 Å². The first kappa shape index (κ1) is 22.2. The molecule has 0 aliphatic carbocycles. The topological polar surface area (TPSA) is 52.6 Å². The van der Waals surface area contributed by atoms with Crippen LogP contribution in [-0.4, -0.2) is 43.4 Å². The predicted molar refractivity (Wildman–Crippen MR) is 132 cm³/mol. The lowest BCUT2D eigenvalue weighted by Gasteiger charge is -2.19. The zero-order valence-electron chi connectivity index (χ0n) is 18.2. The molecular formula is C26H26BrN3O2. The summed E-state index contributed by atoms with van der Waals surface area (Å²) in [5.74, 6) is -0.142. The number of benzene rings is 3. The highest BCUT2D eigenvalue weighted by Gasteiger charge is 2.31. The van der Waals surface area contributed by atoms with E-state index in [9.17, 15) is 9.59 Å². The molecular weight excluding hydrogens is 466 g/mol. The molecule has 1 heterocycles. The van der Waals surface area contributed by atoms with E-state index in [4.69, 9.17) is 0 Å². The Balaban J connectivity index is 1.45. The minimum atomic E-state index is -0.209. The maximum atomic E-state index is 12.6. The maximum Gasteiger partial charge on any atom is 0.251 e. The van der Waals surface area contributed by atoms with Crippen molar-refractivity contribution < 1.29 is 9.59 Å². The van der Waals surface area contributed by atoms with E-state index in [-0.39, 0.29) is 17.9 Å². The summed E-state index contributed by atoms with van der Waals surface area (Å²) in [5, 5.41) is 2.99. The van der Waals surface area contributed by atoms with Crippen molar-refractivity contribution in [3.63, 3.8) is 0 Å². The number of carbonyl (C=O) groups is 2. The van der Waals surface area contributed by atoms with Gasteiger partial charge in [-0.05, 0) is 67.2 Å². The van der Waals surface area contributed by atoms with Gasteiger partial charge in [0.1, 0.15) is 0 Å². The number of hydrogen-bond donors (Lipinski definition) is 1. The number of rotatable bonds is 6. The van der Waals surface area contributed by atoms with Gasteiger partial charge in [0.15, 0.2) is 0 Å². The van der Waals surface area contributed by atoms with Crippen molar-refractivity contribution >= 4 is 33.4 Å². The van der Waals surface area contributed by atoms with E-state index < -0.39 is 0 Å². The highest BCUT2D eigenvalue weighted by atomic mass is 79.9. The Morgan fingerprint density at radius 2 is 1.72 bits per heavy atom. The maximum absolute atomic E-state index is 12.6. The lowest BCUT2D eigenvalue weighted by molar-refractivity contribution is -0.117. The van der Waals surface area contributed by atoms with Crippen molar-refractivity contribution in [1.82, 2.24) is 10.2 Å². The van der Waals surface area contributed by atoms with Gasteiger partial charge < -0.3 is 15.1 Å². The van der Waals surface area contributed by atoms with Crippen LogP contribution in [0.3, 0.4) is 0 Å². The molecule has 5 nitrogen and oxygen atoms in total. The number of hydrogen-bond acceptors (Lipinski definition) is 3. The first-order chi connectivity index (χ1) is 15.4. The molecule has 3 aromatic carbocycles. The van der Waals surface area contributed by atoms with E-state index in [0.29, 0.717) is 18.5 Å². The Morgan fingerprint density at radius 3 is 2.41 bits per heavy atom. The summed E-state index contributed by atoms with van der Waals surface area (Å²) >= 11 is 3.37. The van der Waals surface area contributed by atoms with E-state index >= 15 is 0 Å². The van der Waals surface area contributed by atoms with E-state index in [0.717, 1.165) is 22.3 Å². The summed E-state index contributed by atoms with van der Waals surface area (Å²) < 4.78 is 0.920. The molecule has 6 heteroatoms. The second-order valence-corrected chi connectivity index (χ2v) is 9.24. The predicted octanol–water partition coefficient (Wildman–Crippen LogP) is 4.71. The molecule has 0 bridgehead atoms. The summed E-state index contributed by atoms with van der Waals surface area (Å²) in [7, 11) is 4.12. The van der Waals surface area contributed by atoms with Crippen molar-refractivity contribution in [3.05, 3.63) is 88.4 Å². The molecule has 32 heavy (non-hydrogen) atoms. The van der Waals surface area contributed by atoms with E-state index in [1.54, 1.807) is 17.0 Å². The van der Waals surface area contributed by atoms with Gasteiger partial charge in [-0.25, -0.2) is 0 Å². The van der Waals surface area contributed by atoms with Crippen LogP contribution in [0, 0.1) is 0 Å². The summed E-state index contributed by atoms with van der Waals surface area (Å²) in [5.41, 5.74) is 5.01. The SMILES string of the molecule is CN(C)Cc1ccccc1-c1ccc(N2CC(NC(=O)c3ccc(Br)cc3)CC2=O)cc1. The van der Waals surface area contributed by atoms with E-state index in [1.807, 2.05) is 30.3 Å². The standard InChI is InChI=1S/C26H26BrN3O2/c1-29(2)16-20-5-3-4-6-24(20)18-9-13-23(14-10-18)30-17-22(15-25(30)31)28-26(32)19-7-11-21(27)12-8-19/h3-14,22H,15-17H2,1-2H3,(H,28,32). The van der Waals surface area contributed by atoms with Crippen molar-refractivity contribution in [2.75, 3.05) is 25.5 Å². The van der Waals surface area contributed by atoms with Crippen molar-refractivity contribution in [1.29, 1.82) is 0 Å². The number of nitrogens with one attached hydrogen (secondary N) is 1. The van der Waals surface area contributed by atoms with Crippen LogP contribution in [0.25, 0.3) is 11.1 Å². The summed E-state index contributed by atoms with van der Waals surface area (Å²) in [6, 6.07) is 23.5. The van der Waals surface area contributed by atoms with Crippen LogP contribution in [0.15, 0.2) is 77.3 Å². The highest BCUT2D eigenvalue weighted by molar-refractivity contribution is 9.10. The number of nitrogens with zero attached hydrogens (tertiary/aromatic N) is 2. The smallest absolute Gasteiger partial charge is 0.251 e. The Labute approximate surface area is 197 Å². The molecule has 1 unspecified atom stereocenters. The Bertz CT molecular complexity index is 1110. The van der Waals surface area contributed by atoms with Gasteiger partial charge in [0.25, 0.3) is 5.91 Å².